The van der Waals surface area contributed by atoms with Crippen LogP contribution < -0.4 is 5.32 Å². The summed E-state index contributed by atoms with van der Waals surface area (Å²) in [5.41, 5.74) is 5.23. The summed E-state index contributed by atoms with van der Waals surface area (Å²) < 4.78 is 0. The van der Waals surface area contributed by atoms with Gasteiger partial charge in [-0.1, -0.05) is 83.1 Å². The van der Waals surface area contributed by atoms with E-state index in [1.807, 2.05) is 0 Å². The summed E-state index contributed by atoms with van der Waals surface area (Å²) in [7, 11) is 4.31. The van der Waals surface area contributed by atoms with Gasteiger partial charge < -0.3 is 20.4 Å². The summed E-state index contributed by atoms with van der Waals surface area (Å²) in [6.45, 7) is 18.3. The molecule has 272 valence electrons. The molecule has 2 aromatic carbocycles. The smallest absolute Gasteiger partial charge is 0.240 e. The van der Waals surface area contributed by atoms with E-state index >= 15 is 0 Å². The Balaban J connectivity index is 1.36. The summed E-state index contributed by atoms with van der Waals surface area (Å²) in [6.07, 6.45) is 1.87. The number of carbonyl (C=O) groups excluding carboxylic acids is 1. The average Bonchev–Trinajstić information content (AvgIpc) is 3.40. The van der Waals surface area contributed by atoms with Crippen LogP contribution in [0.15, 0.2) is 48.5 Å². The zero-order valence-corrected chi connectivity index (χ0v) is 31.6. The van der Waals surface area contributed by atoms with Gasteiger partial charge in [0.05, 0.1) is 19.3 Å². The van der Waals surface area contributed by atoms with Crippen molar-refractivity contribution in [3.8, 4) is 0 Å². The van der Waals surface area contributed by atoms with Gasteiger partial charge in [0, 0.05) is 37.6 Å². The Labute approximate surface area is 296 Å². The van der Waals surface area contributed by atoms with Crippen molar-refractivity contribution >= 4 is 5.91 Å². The number of rotatable bonds is 15. The van der Waals surface area contributed by atoms with E-state index in [0.29, 0.717) is 41.7 Å². The second-order valence-electron chi connectivity index (χ2n) is 16.9. The first-order valence-electron chi connectivity index (χ1n) is 18.7. The van der Waals surface area contributed by atoms with E-state index in [2.05, 4.69) is 119 Å². The van der Waals surface area contributed by atoms with E-state index in [1.165, 1.54) is 23.1 Å². The minimum absolute atomic E-state index is 0.109. The molecule has 0 radical (unpaired) electrons. The SMILES string of the molecule is Cc1ccccc1CN(Cc1cccc(CN2O[C@@H](CO)[C@@H]([C@H](C)O)[C@H]2C(=O)N[C@H]2C[C@@H]3C[C@H]([C@@H]2C)C3(C)C)c1)[C@@H](CC(C)C)CN(C)C. The Morgan fingerprint density at radius 2 is 1.78 bits per heavy atom. The highest BCUT2D eigenvalue weighted by molar-refractivity contribution is 5.82. The molecule has 2 bridgehead atoms. The highest BCUT2D eigenvalue weighted by Crippen LogP contribution is 2.61. The lowest BCUT2D eigenvalue weighted by molar-refractivity contribution is -0.183. The van der Waals surface area contributed by atoms with Gasteiger partial charge in [-0.25, -0.2) is 0 Å². The molecule has 49 heavy (non-hydrogen) atoms. The summed E-state index contributed by atoms with van der Waals surface area (Å²) in [5.74, 6) is 1.55. The third kappa shape index (κ3) is 8.59. The van der Waals surface area contributed by atoms with Gasteiger partial charge in [0.25, 0.3) is 0 Å². The van der Waals surface area contributed by atoms with Gasteiger partial charge in [-0.3, -0.25) is 14.5 Å². The number of benzene rings is 2. The molecule has 0 aromatic heterocycles. The predicted octanol–water partition coefficient (Wildman–Crippen LogP) is 5.63. The third-order valence-electron chi connectivity index (χ3n) is 12.2. The molecule has 1 aliphatic heterocycles. The summed E-state index contributed by atoms with van der Waals surface area (Å²) in [4.78, 5) is 25.3. The lowest BCUT2D eigenvalue weighted by atomic mass is 9.45. The summed E-state index contributed by atoms with van der Waals surface area (Å²) >= 11 is 0. The van der Waals surface area contributed by atoms with Crippen molar-refractivity contribution in [2.45, 2.75) is 118 Å². The second-order valence-corrected chi connectivity index (χ2v) is 16.9. The van der Waals surface area contributed by atoms with Crippen LogP contribution in [-0.4, -0.2) is 88.6 Å². The quantitative estimate of drug-likeness (QED) is 0.225. The maximum atomic E-state index is 14.1. The number of aryl methyl sites for hydroxylation is 1. The predicted molar refractivity (Wildman–Crippen MR) is 196 cm³/mol. The molecule has 0 spiro atoms. The molecule has 1 amide bonds. The zero-order chi connectivity index (χ0) is 35.6. The van der Waals surface area contributed by atoms with Gasteiger partial charge >= 0.3 is 0 Å². The number of aliphatic hydroxyl groups excluding tert-OH is 2. The largest absolute Gasteiger partial charge is 0.394 e. The van der Waals surface area contributed by atoms with Crippen molar-refractivity contribution in [2.24, 2.45) is 35.0 Å². The number of nitrogens with one attached hydrogen (secondary N) is 1. The van der Waals surface area contributed by atoms with E-state index in [4.69, 9.17) is 4.84 Å². The average molecular weight is 677 g/mol. The first-order valence-corrected chi connectivity index (χ1v) is 18.7. The number of amides is 1. The fraction of sp³-hybridized carbons (Fsp3) is 0.683. The number of hydrogen-bond donors (Lipinski definition) is 3. The van der Waals surface area contributed by atoms with E-state index in [9.17, 15) is 15.0 Å². The monoisotopic (exact) mass is 676 g/mol. The molecule has 2 aromatic rings. The van der Waals surface area contributed by atoms with E-state index < -0.39 is 24.2 Å². The van der Waals surface area contributed by atoms with Crippen LogP contribution in [0.2, 0.25) is 0 Å². The minimum atomic E-state index is -0.815. The zero-order valence-electron chi connectivity index (χ0n) is 31.6. The lowest BCUT2D eigenvalue weighted by Gasteiger charge is -2.62. The number of carbonyl (C=O) groups is 1. The number of fused-ring (bicyclic) bond motifs is 2. The number of hydroxylamine groups is 2. The number of aliphatic hydroxyl groups is 2. The van der Waals surface area contributed by atoms with Crippen LogP contribution >= 0.6 is 0 Å². The Hall–Kier alpha value is -2.33. The number of hydrogen-bond acceptors (Lipinski definition) is 7. The molecule has 3 aliphatic carbocycles. The normalized spacial score (nSPS) is 29.3. The van der Waals surface area contributed by atoms with Crippen molar-refractivity contribution in [1.29, 1.82) is 0 Å². The van der Waals surface area contributed by atoms with Gasteiger partial charge in [-0.2, -0.15) is 5.06 Å². The molecule has 4 fully saturated rings. The van der Waals surface area contributed by atoms with Crippen LogP contribution in [0.1, 0.15) is 83.1 Å². The molecule has 9 atom stereocenters. The highest BCUT2D eigenvalue weighted by Gasteiger charge is 2.57. The minimum Gasteiger partial charge on any atom is -0.394 e. The highest BCUT2D eigenvalue weighted by atomic mass is 16.7. The Kier molecular flexibility index (Phi) is 12.3. The molecular weight excluding hydrogens is 612 g/mol. The number of likely N-dealkylation sites (N-methyl/N-ethyl adjacent to an activating group) is 1. The van der Waals surface area contributed by atoms with Crippen LogP contribution in [0.4, 0.5) is 0 Å². The van der Waals surface area contributed by atoms with Crippen molar-refractivity contribution in [3.63, 3.8) is 0 Å². The van der Waals surface area contributed by atoms with Crippen molar-refractivity contribution < 1.29 is 19.8 Å². The van der Waals surface area contributed by atoms with Crippen molar-refractivity contribution in [2.75, 3.05) is 27.2 Å². The maximum Gasteiger partial charge on any atom is 0.240 e. The van der Waals surface area contributed by atoms with Gasteiger partial charge in [-0.15, -0.1) is 0 Å². The molecular formula is C41H64N4O4. The molecule has 6 rings (SSSR count). The molecule has 0 unspecified atom stereocenters. The summed E-state index contributed by atoms with van der Waals surface area (Å²) in [6, 6.07) is 17.1. The molecule has 3 saturated carbocycles. The first-order chi connectivity index (χ1) is 23.2. The van der Waals surface area contributed by atoms with Crippen LogP contribution in [0, 0.1) is 41.9 Å². The van der Waals surface area contributed by atoms with E-state index in [0.717, 1.165) is 38.0 Å². The fourth-order valence-corrected chi connectivity index (χ4v) is 9.35. The van der Waals surface area contributed by atoms with Crippen molar-refractivity contribution in [3.05, 3.63) is 70.8 Å². The molecule has 8 heteroatoms. The lowest BCUT2D eigenvalue weighted by Crippen LogP contribution is -2.62. The molecule has 1 saturated heterocycles. The third-order valence-corrected chi connectivity index (χ3v) is 12.2. The second kappa shape index (κ2) is 15.9. The van der Waals surface area contributed by atoms with Crippen LogP contribution in [-0.2, 0) is 29.3 Å². The first kappa shape index (κ1) is 37.9. The van der Waals surface area contributed by atoms with Crippen LogP contribution in [0.5, 0.6) is 0 Å². The van der Waals surface area contributed by atoms with Crippen LogP contribution in [0.25, 0.3) is 0 Å². The molecule has 1 heterocycles. The topological polar surface area (TPSA) is 88.5 Å². The Morgan fingerprint density at radius 3 is 2.39 bits per heavy atom. The Morgan fingerprint density at radius 1 is 1.06 bits per heavy atom. The van der Waals surface area contributed by atoms with Crippen LogP contribution in [0.3, 0.4) is 0 Å². The fourth-order valence-electron chi connectivity index (χ4n) is 9.35. The summed E-state index contributed by atoms with van der Waals surface area (Å²) in [5, 5.41) is 26.3. The van der Waals surface area contributed by atoms with Crippen molar-refractivity contribution in [1.82, 2.24) is 20.2 Å². The molecule has 8 nitrogen and oxygen atoms in total. The number of nitrogens with zero attached hydrogens (tertiary/aromatic N) is 3. The van der Waals surface area contributed by atoms with E-state index in [-0.39, 0.29) is 18.6 Å². The van der Waals surface area contributed by atoms with Gasteiger partial charge in [0.2, 0.25) is 5.91 Å². The maximum absolute atomic E-state index is 14.1. The van der Waals surface area contributed by atoms with Gasteiger partial charge in [0.15, 0.2) is 0 Å². The standard InChI is InChI=1S/C41H64N4O4/c1-26(2)17-34(24-43(8)9)44(23-32-16-11-10-13-27(32)3)21-30-14-12-15-31(18-30)22-45-39(38(29(5)47)37(25-46)49-45)40(48)42-36-20-33-19-35(28(36)4)41(33,6)7/h10-16,18,26,28-29,33-39,46-47H,17,19-25H2,1-9H3,(H,42,48)/t28-,29-,33-,34-,35+,36-,37-,38+,39-/m0/s1. The van der Waals surface area contributed by atoms with Gasteiger partial charge in [0.1, 0.15) is 12.1 Å². The van der Waals surface area contributed by atoms with E-state index in [1.54, 1.807) is 12.0 Å². The Bertz CT molecular complexity index is 1390. The molecule has 4 aliphatic rings. The molecule has 3 N–H and O–H groups in total. The van der Waals surface area contributed by atoms with Gasteiger partial charge in [-0.05, 0) is 98.5 Å².